The van der Waals surface area contributed by atoms with Gasteiger partial charge in [-0.05, 0) is 18.5 Å². The van der Waals surface area contributed by atoms with Crippen LogP contribution in [0.2, 0.25) is 0 Å². The summed E-state index contributed by atoms with van der Waals surface area (Å²) in [5.74, 6) is 0. The fourth-order valence-corrected chi connectivity index (χ4v) is 2.91. The fraction of sp³-hybridized carbons (Fsp3) is 0.286. The lowest BCUT2D eigenvalue weighted by Gasteiger charge is -1.99. The smallest absolute Gasteiger partial charge is 0.297 e. The summed E-state index contributed by atoms with van der Waals surface area (Å²) < 4.78 is 1.35. The number of benzene rings is 1. The first-order valence-corrected chi connectivity index (χ1v) is 7.58. The molecular formula is C14H15N5OS. The first-order valence-electron chi connectivity index (χ1n) is 6.76. The topological polar surface area (TPSA) is 86.2 Å². The van der Waals surface area contributed by atoms with Gasteiger partial charge in [-0.3, -0.25) is 4.79 Å². The van der Waals surface area contributed by atoms with Gasteiger partial charge in [-0.25, -0.2) is 0 Å². The number of rotatable bonds is 5. The van der Waals surface area contributed by atoms with Crippen molar-refractivity contribution in [3.05, 3.63) is 57.0 Å². The van der Waals surface area contributed by atoms with Crippen molar-refractivity contribution in [2.75, 3.05) is 6.54 Å². The van der Waals surface area contributed by atoms with Crippen LogP contribution >= 0.6 is 11.3 Å². The van der Waals surface area contributed by atoms with Crippen molar-refractivity contribution in [1.82, 2.24) is 19.8 Å². The molecule has 2 heterocycles. The summed E-state index contributed by atoms with van der Waals surface area (Å²) >= 11 is 1.39. The normalized spacial score (nSPS) is 11.1. The van der Waals surface area contributed by atoms with Gasteiger partial charge in [-0.1, -0.05) is 41.7 Å². The number of nitrogens with two attached hydrogens (primary N) is 1. The van der Waals surface area contributed by atoms with Crippen LogP contribution in [0.4, 0.5) is 0 Å². The van der Waals surface area contributed by atoms with E-state index in [1.807, 2.05) is 30.3 Å². The minimum atomic E-state index is -0.195. The molecule has 3 rings (SSSR count). The Morgan fingerprint density at radius 1 is 1.19 bits per heavy atom. The highest BCUT2D eigenvalue weighted by Crippen LogP contribution is 2.12. The Balaban J connectivity index is 1.94. The summed E-state index contributed by atoms with van der Waals surface area (Å²) in [6.07, 6.45) is 2.07. The van der Waals surface area contributed by atoms with Crippen LogP contribution in [0.3, 0.4) is 0 Å². The first-order chi connectivity index (χ1) is 10.3. The molecule has 2 aromatic heterocycles. The van der Waals surface area contributed by atoms with E-state index in [2.05, 4.69) is 15.3 Å². The molecule has 0 radical (unpaired) electrons. The van der Waals surface area contributed by atoms with Gasteiger partial charge in [0.25, 0.3) is 5.56 Å². The molecule has 0 atom stereocenters. The molecule has 3 aromatic rings. The summed E-state index contributed by atoms with van der Waals surface area (Å²) in [7, 11) is 0. The van der Waals surface area contributed by atoms with Crippen LogP contribution < -0.4 is 11.3 Å². The third-order valence-electron chi connectivity index (χ3n) is 3.11. The highest BCUT2D eigenvalue weighted by Gasteiger charge is 2.12. The molecule has 7 heteroatoms. The van der Waals surface area contributed by atoms with E-state index >= 15 is 0 Å². The van der Waals surface area contributed by atoms with E-state index in [0.717, 1.165) is 23.4 Å². The van der Waals surface area contributed by atoms with Crippen LogP contribution in [0.1, 0.15) is 22.7 Å². The Hall–Kier alpha value is -2.12. The molecule has 0 aliphatic carbocycles. The summed E-state index contributed by atoms with van der Waals surface area (Å²) in [6, 6.07) is 9.74. The molecule has 21 heavy (non-hydrogen) atoms. The van der Waals surface area contributed by atoms with Gasteiger partial charge in [0.1, 0.15) is 10.7 Å². The molecule has 0 saturated carbocycles. The van der Waals surface area contributed by atoms with Crippen molar-refractivity contribution in [2.24, 2.45) is 5.73 Å². The maximum Gasteiger partial charge on any atom is 0.297 e. The Kier molecular flexibility index (Phi) is 4.03. The van der Waals surface area contributed by atoms with Crippen LogP contribution in [0, 0.1) is 0 Å². The van der Waals surface area contributed by atoms with E-state index in [4.69, 9.17) is 5.73 Å². The van der Waals surface area contributed by atoms with E-state index < -0.39 is 0 Å². The molecule has 1 aromatic carbocycles. The lowest BCUT2D eigenvalue weighted by atomic mass is 10.1. The Bertz CT molecular complexity index is 796. The van der Waals surface area contributed by atoms with Gasteiger partial charge in [0.2, 0.25) is 4.96 Å². The lowest BCUT2D eigenvalue weighted by Crippen LogP contribution is -2.22. The zero-order chi connectivity index (χ0) is 14.7. The van der Waals surface area contributed by atoms with Crippen LogP contribution in [0.25, 0.3) is 4.96 Å². The second kappa shape index (κ2) is 6.11. The Morgan fingerprint density at radius 3 is 2.76 bits per heavy atom. The van der Waals surface area contributed by atoms with Crippen molar-refractivity contribution >= 4 is 16.3 Å². The van der Waals surface area contributed by atoms with Crippen molar-refractivity contribution in [3.8, 4) is 0 Å². The summed E-state index contributed by atoms with van der Waals surface area (Å²) in [6.45, 7) is 0.607. The highest BCUT2D eigenvalue weighted by atomic mass is 32.1. The predicted molar refractivity (Wildman–Crippen MR) is 81.6 cm³/mol. The number of aryl methyl sites for hydroxylation is 1. The summed E-state index contributed by atoms with van der Waals surface area (Å²) in [4.78, 5) is 12.9. The summed E-state index contributed by atoms with van der Waals surface area (Å²) in [5.41, 5.74) is 6.74. The van der Waals surface area contributed by atoms with E-state index in [1.54, 1.807) is 0 Å². The predicted octanol–water partition coefficient (Wildman–Crippen LogP) is 1.03. The monoisotopic (exact) mass is 301 g/mol. The maximum atomic E-state index is 12.4. The number of fused-ring (bicyclic) bond motifs is 1. The van der Waals surface area contributed by atoms with Crippen LogP contribution in [0.5, 0.6) is 0 Å². The standard InChI is InChI=1S/C14H15N5OS/c15-8-4-7-12-18-19-13(20)11(16-17-14(19)21-12)9-10-5-2-1-3-6-10/h1-3,5-6H,4,7-9,15H2. The molecule has 0 aliphatic heterocycles. The number of nitrogens with zero attached hydrogens (tertiary/aromatic N) is 4. The highest BCUT2D eigenvalue weighted by molar-refractivity contribution is 7.16. The van der Waals surface area contributed by atoms with Crippen LogP contribution in [0.15, 0.2) is 35.1 Å². The minimum Gasteiger partial charge on any atom is -0.330 e. The molecule has 0 amide bonds. The largest absolute Gasteiger partial charge is 0.330 e. The van der Waals surface area contributed by atoms with E-state index in [9.17, 15) is 4.79 Å². The van der Waals surface area contributed by atoms with Gasteiger partial charge in [0, 0.05) is 12.8 Å². The third-order valence-corrected chi connectivity index (χ3v) is 4.07. The van der Waals surface area contributed by atoms with Crippen LogP contribution in [-0.4, -0.2) is 26.4 Å². The molecule has 0 fully saturated rings. The Labute approximate surface area is 125 Å². The molecule has 0 saturated heterocycles. The molecule has 108 valence electrons. The van der Waals surface area contributed by atoms with Gasteiger partial charge in [0.15, 0.2) is 0 Å². The van der Waals surface area contributed by atoms with E-state index in [1.165, 1.54) is 15.9 Å². The number of hydrogen-bond donors (Lipinski definition) is 1. The minimum absolute atomic E-state index is 0.195. The lowest BCUT2D eigenvalue weighted by molar-refractivity contribution is 0.763. The first kappa shape index (κ1) is 13.8. The zero-order valence-corrected chi connectivity index (χ0v) is 12.2. The van der Waals surface area contributed by atoms with Crippen molar-refractivity contribution in [2.45, 2.75) is 19.3 Å². The average molecular weight is 301 g/mol. The number of aromatic nitrogens is 4. The van der Waals surface area contributed by atoms with Gasteiger partial charge in [-0.2, -0.15) is 9.61 Å². The second-order valence-electron chi connectivity index (χ2n) is 4.70. The second-order valence-corrected chi connectivity index (χ2v) is 5.74. The fourth-order valence-electron chi connectivity index (χ4n) is 2.04. The molecule has 0 bridgehead atoms. The van der Waals surface area contributed by atoms with E-state index in [-0.39, 0.29) is 5.56 Å². The molecule has 0 unspecified atom stereocenters. The van der Waals surface area contributed by atoms with Crippen molar-refractivity contribution in [3.63, 3.8) is 0 Å². The average Bonchev–Trinajstić information content (AvgIpc) is 2.93. The zero-order valence-electron chi connectivity index (χ0n) is 11.4. The van der Waals surface area contributed by atoms with Crippen molar-refractivity contribution < 1.29 is 0 Å². The molecule has 2 N–H and O–H groups in total. The third kappa shape index (κ3) is 2.98. The molecule has 6 nitrogen and oxygen atoms in total. The molecular weight excluding hydrogens is 286 g/mol. The molecule has 0 spiro atoms. The van der Waals surface area contributed by atoms with Crippen LogP contribution in [-0.2, 0) is 12.8 Å². The molecule has 0 aliphatic rings. The maximum absolute atomic E-state index is 12.4. The van der Waals surface area contributed by atoms with Gasteiger partial charge >= 0.3 is 0 Å². The number of hydrogen-bond acceptors (Lipinski definition) is 6. The van der Waals surface area contributed by atoms with Gasteiger partial charge in [0.05, 0.1) is 0 Å². The quantitative estimate of drug-likeness (QED) is 0.760. The SMILES string of the molecule is NCCCc1nn2c(=O)c(Cc3ccccc3)nnc2s1. The van der Waals surface area contributed by atoms with Gasteiger partial charge in [-0.15, -0.1) is 10.2 Å². The van der Waals surface area contributed by atoms with Crippen molar-refractivity contribution in [1.29, 1.82) is 0 Å². The summed E-state index contributed by atoms with van der Waals surface area (Å²) in [5, 5.41) is 13.3. The van der Waals surface area contributed by atoms with Gasteiger partial charge < -0.3 is 5.73 Å². The Morgan fingerprint density at radius 2 is 2.00 bits per heavy atom. The van der Waals surface area contributed by atoms with E-state index in [0.29, 0.717) is 23.6 Å².